The summed E-state index contributed by atoms with van der Waals surface area (Å²) in [4.78, 5) is 12.6. The Kier molecular flexibility index (Phi) is 7.92. The minimum Gasteiger partial charge on any atom is -0.352 e. The van der Waals surface area contributed by atoms with E-state index < -0.39 is 9.84 Å². The maximum Gasteiger partial charge on any atom is 0.251 e. The van der Waals surface area contributed by atoms with E-state index in [1.807, 2.05) is 0 Å². The van der Waals surface area contributed by atoms with Gasteiger partial charge in [0.25, 0.3) is 5.91 Å². The Bertz CT molecular complexity index is 679. The molecule has 1 aromatic carbocycles. The van der Waals surface area contributed by atoms with Crippen LogP contribution in [-0.2, 0) is 9.84 Å². The molecule has 2 fully saturated rings. The first-order chi connectivity index (χ1) is 12.1. The molecule has 1 aliphatic heterocycles. The van der Waals surface area contributed by atoms with Gasteiger partial charge in [-0.2, -0.15) is 0 Å². The van der Waals surface area contributed by atoms with Crippen LogP contribution >= 0.6 is 12.4 Å². The summed E-state index contributed by atoms with van der Waals surface area (Å²) in [6, 6.07) is 6.40. The van der Waals surface area contributed by atoms with E-state index in [-0.39, 0.29) is 23.6 Å². The number of nitrogens with one attached hydrogen (secondary N) is 2. The summed E-state index contributed by atoms with van der Waals surface area (Å²) >= 11 is 0. The van der Waals surface area contributed by atoms with E-state index in [9.17, 15) is 13.2 Å². The second-order valence-corrected chi connectivity index (χ2v) is 9.46. The van der Waals surface area contributed by atoms with Crippen LogP contribution in [0.15, 0.2) is 29.2 Å². The molecule has 1 amide bonds. The lowest BCUT2D eigenvalue weighted by atomic mass is 9.96. The Morgan fingerprint density at radius 2 is 1.77 bits per heavy atom. The summed E-state index contributed by atoms with van der Waals surface area (Å²) in [6.45, 7) is 2.79. The van der Waals surface area contributed by atoms with Crippen LogP contribution in [-0.4, -0.2) is 39.2 Å². The third kappa shape index (κ3) is 5.21. The fourth-order valence-electron chi connectivity index (χ4n) is 3.85. The van der Waals surface area contributed by atoms with Crippen molar-refractivity contribution in [2.45, 2.75) is 55.1 Å². The summed E-state index contributed by atoms with van der Waals surface area (Å²) in [5, 5.41) is 6.07. The predicted molar refractivity (Wildman–Crippen MR) is 106 cm³/mol. The monoisotopic (exact) mass is 400 g/mol. The van der Waals surface area contributed by atoms with Crippen LogP contribution in [0.1, 0.15) is 55.3 Å². The molecule has 146 valence electrons. The van der Waals surface area contributed by atoms with E-state index in [1.165, 1.54) is 12.8 Å². The predicted octanol–water partition coefficient (Wildman–Crippen LogP) is 2.94. The molecule has 1 unspecified atom stereocenters. The highest BCUT2D eigenvalue weighted by atomic mass is 35.5. The lowest BCUT2D eigenvalue weighted by molar-refractivity contribution is 0.0950. The number of hydrogen-bond donors (Lipinski definition) is 2. The normalized spacial score (nSPS) is 21.2. The zero-order valence-corrected chi connectivity index (χ0v) is 16.7. The SMILES string of the molecule is Cl.O=C(NCCC1CCCNC1)c1ccc(S(=O)(=O)C2CCCC2)cc1. The Morgan fingerprint density at radius 1 is 1.08 bits per heavy atom. The fourth-order valence-corrected chi connectivity index (χ4v) is 5.70. The van der Waals surface area contributed by atoms with Gasteiger partial charge in [0.2, 0.25) is 0 Å². The Morgan fingerprint density at radius 3 is 2.38 bits per heavy atom. The molecule has 1 atom stereocenters. The first kappa shape index (κ1) is 21.2. The number of benzene rings is 1. The molecule has 1 aliphatic carbocycles. The van der Waals surface area contributed by atoms with E-state index in [4.69, 9.17) is 0 Å². The van der Waals surface area contributed by atoms with E-state index in [1.54, 1.807) is 24.3 Å². The molecule has 5 nitrogen and oxygen atoms in total. The van der Waals surface area contributed by atoms with Crippen LogP contribution in [0.2, 0.25) is 0 Å². The van der Waals surface area contributed by atoms with E-state index >= 15 is 0 Å². The van der Waals surface area contributed by atoms with Gasteiger partial charge in [-0.1, -0.05) is 12.8 Å². The summed E-state index contributed by atoms with van der Waals surface area (Å²) in [5.74, 6) is 0.501. The molecule has 2 aliphatic rings. The van der Waals surface area contributed by atoms with Crippen molar-refractivity contribution >= 4 is 28.2 Å². The minimum absolute atomic E-state index is 0. The van der Waals surface area contributed by atoms with Crippen molar-refractivity contribution in [2.24, 2.45) is 5.92 Å². The van der Waals surface area contributed by atoms with Crippen LogP contribution in [0.25, 0.3) is 0 Å². The average molecular weight is 401 g/mol. The van der Waals surface area contributed by atoms with Crippen LogP contribution < -0.4 is 10.6 Å². The molecule has 3 rings (SSSR count). The number of hydrogen-bond acceptors (Lipinski definition) is 4. The summed E-state index contributed by atoms with van der Waals surface area (Å²) in [5.41, 5.74) is 0.521. The standard InChI is InChI=1S/C19H28N2O3S.ClH/c22-19(21-13-11-15-4-3-12-20-14-15)16-7-9-18(10-8-16)25(23,24)17-5-1-2-6-17;/h7-10,15,17,20H,1-6,11-14H2,(H,21,22);1H. The van der Waals surface area contributed by atoms with Gasteiger partial charge < -0.3 is 10.6 Å². The first-order valence-electron chi connectivity index (χ1n) is 9.40. The minimum atomic E-state index is -3.25. The van der Waals surface area contributed by atoms with Crippen molar-refractivity contribution in [3.63, 3.8) is 0 Å². The van der Waals surface area contributed by atoms with Crippen molar-refractivity contribution in [3.8, 4) is 0 Å². The quantitative estimate of drug-likeness (QED) is 0.769. The number of amides is 1. The van der Waals surface area contributed by atoms with E-state index in [0.29, 0.717) is 22.9 Å². The highest BCUT2D eigenvalue weighted by Gasteiger charge is 2.30. The highest BCUT2D eigenvalue weighted by Crippen LogP contribution is 2.29. The molecule has 2 N–H and O–H groups in total. The van der Waals surface area contributed by atoms with Gasteiger partial charge in [0.15, 0.2) is 9.84 Å². The van der Waals surface area contributed by atoms with Gasteiger partial charge >= 0.3 is 0 Å². The van der Waals surface area contributed by atoms with Gasteiger partial charge in [0.05, 0.1) is 10.1 Å². The number of carbonyl (C=O) groups excluding carboxylic acids is 1. The molecular formula is C19H29ClN2O3S. The van der Waals surface area contributed by atoms with Gasteiger partial charge in [0, 0.05) is 12.1 Å². The van der Waals surface area contributed by atoms with Crippen molar-refractivity contribution in [1.29, 1.82) is 0 Å². The topological polar surface area (TPSA) is 75.3 Å². The van der Waals surface area contributed by atoms with Gasteiger partial charge in [-0.3, -0.25) is 4.79 Å². The lowest BCUT2D eigenvalue weighted by Crippen LogP contribution is -2.33. The number of rotatable bonds is 6. The Balaban J connectivity index is 0.00000243. The zero-order valence-electron chi connectivity index (χ0n) is 15.1. The average Bonchev–Trinajstić information content (AvgIpc) is 3.18. The molecule has 0 aromatic heterocycles. The highest BCUT2D eigenvalue weighted by molar-refractivity contribution is 7.92. The number of sulfone groups is 1. The van der Waals surface area contributed by atoms with Crippen molar-refractivity contribution < 1.29 is 13.2 Å². The fraction of sp³-hybridized carbons (Fsp3) is 0.632. The number of carbonyl (C=O) groups is 1. The molecule has 0 bridgehead atoms. The van der Waals surface area contributed by atoms with Gasteiger partial charge in [0.1, 0.15) is 0 Å². The largest absolute Gasteiger partial charge is 0.352 e. The van der Waals surface area contributed by atoms with Crippen molar-refractivity contribution in [1.82, 2.24) is 10.6 Å². The molecule has 26 heavy (non-hydrogen) atoms. The molecule has 1 saturated heterocycles. The smallest absolute Gasteiger partial charge is 0.251 e. The lowest BCUT2D eigenvalue weighted by Gasteiger charge is -2.22. The third-order valence-corrected chi connectivity index (χ3v) is 7.70. The van der Waals surface area contributed by atoms with Crippen LogP contribution in [0.3, 0.4) is 0 Å². The van der Waals surface area contributed by atoms with Gasteiger partial charge in [-0.25, -0.2) is 8.42 Å². The van der Waals surface area contributed by atoms with Crippen LogP contribution in [0.4, 0.5) is 0 Å². The van der Waals surface area contributed by atoms with E-state index in [0.717, 1.165) is 45.2 Å². The van der Waals surface area contributed by atoms with Crippen molar-refractivity contribution in [3.05, 3.63) is 29.8 Å². The Hall–Kier alpha value is -1.11. The van der Waals surface area contributed by atoms with Crippen LogP contribution in [0, 0.1) is 5.92 Å². The van der Waals surface area contributed by atoms with Crippen molar-refractivity contribution in [2.75, 3.05) is 19.6 Å². The summed E-state index contributed by atoms with van der Waals surface area (Å²) in [7, 11) is -3.25. The Labute approximate surface area is 162 Å². The number of piperidine rings is 1. The summed E-state index contributed by atoms with van der Waals surface area (Å²) < 4.78 is 25.1. The molecule has 7 heteroatoms. The number of halogens is 1. The van der Waals surface area contributed by atoms with Crippen LogP contribution in [0.5, 0.6) is 0 Å². The van der Waals surface area contributed by atoms with Gasteiger partial charge in [-0.15, -0.1) is 12.4 Å². The molecule has 1 heterocycles. The second-order valence-electron chi connectivity index (χ2n) is 7.23. The maximum absolute atomic E-state index is 12.6. The first-order valence-corrected chi connectivity index (χ1v) is 10.9. The molecule has 1 aromatic rings. The molecule has 0 spiro atoms. The summed E-state index contributed by atoms with van der Waals surface area (Å²) in [6.07, 6.45) is 6.88. The van der Waals surface area contributed by atoms with Gasteiger partial charge in [-0.05, 0) is 75.4 Å². The molecular weight excluding hydrogens is 372 g/mol. The third-order valence-electron chi connectivity index (χ3n) is 5.42. The maximum atomic E-state index is 12.6. The van der Waals surface area contributed by atoms with E-state index in [2.05, 4.69) is 10.6 Å². The molecule has 1 saturated carbocycles. The zero-order chi connectivity index (χ0) is 17.7. The molecule has 0 radical (unpaired) electrons. The second kappa shape index (κ2) is 9.72.